The number of amides is 1. The summed E-state index contributed by atoms with van der Waals surface area (Å²) < 4.78 is 27.6. The van der Waals surface area contributed by atoms with E-state index in [-0.39, 0.29) is 11.7 Å². The van der Waals surface area contributed by atoms with Crippen molar-refractivity contribution in [2.45, 2.75) is 17.9 Å². The van der Waals surface area contributed by atoms with Crippen molar-refractivity contribution < 1.29 is 13.2 Å². The quantitative estimate of drug-likeness (QED) is 0.586. The number of sulfonamides is 1. The van der Waals surface area contributed by atoms with Gasteiger partial charge in [0.05, 0.1) is 22.8 Å². The Morgan fingerprint density at radius 1 is 1.06 bits per heavy atom. The summed E-state index contributed by atoms with van der Waals surface area (Å²) in [6.07, 6.45) is 1.01. The summed E-state index contributed by atoms with van der Waals surface area (Å²) in [5, 5.41) is 5.68. The van der Waals surface area contributed by atoms with Gasteiger partial charge in [-0.25, -0.2) is 8.42 Å². The molecule has 0 spiro atoms. The molecule has 33 heavy (non-hydrogen) atoms. The second-order valence-corrected chi connectivity index (χ2v) is 11.9. The number of para-hydroxylation sites is 2. The van der Waals surface area contributed by atoms with Gasteiger partial charge in [0.15, 0.2) is 5.17 Å². The minimum Gasteiger partial charge on any atom is -0.365 e. The lowest BCUT2D eigenvalue weighted by Crippen LogP contribution is -2.35. The second kappa shape index (κ2) is 7.89. The van der Waals surface area contributed by atoms with Crippen molar-refractivity contribution in [3.05, 3.63) is 69.9 Å². The van der Waals surface area contributed by atoms with Crippen LogP contribution in [0.2, 0.25) is 0 Å². The van der Waals surface area contributed by atoms with Gasteiger partial charge in [-0.3, -0.25) is 4.79 Å². The van der Waals surface area contributed by atoms with Crippen molar-refractivity contribution in [3.8, 4) is 0 Å². The third-order valence-electron chi connectivity index (χ3n) is 6.04. The van der Waals surface area contributed by atoms with E-state index in [1.807, 2.05) is 52.6 Å². The Balaban J connectivity index is 1.24. The minimum absolute atomic E-state index is 0.00109. The van der Waals surface area contributed by atoms with Crippen LogP contribution in [0.15, 0.2) is 63.2 Å². The van der Waals surface area contributed by atoms with Crippen LogP contribution in [-0.4, -0.2) is 38.3 Å². The monoisotopic (exact) mass is 496 g/mol. The van der Waals surface area contributed by atoms with E-state index in [0.29, 0.717) is 17.3 Å². The molecule has 3 aliphatic rings. The number of thiophene rings is 1. The van der Waals surface area contributed by atoms with Gasteiger partial charge < -0.3 is 15.1 Å². The standard InChI is InChI=1S/C23H20N4O3S3/c28-22(15-5-6-19-21(13-15)32-23-25-33(29,30)12-10-27(19)23)24-17-3-1-2-4-18(17)26-9-7-20-16(14-26)8-11-31-20/h1-6,8,11,13H,7,9-10,12,14H2,(H,24,28). The van der Waals surface area contributed by atoms with Gasteiger partial charge in [0.25, 0.3) is 15.9 Å². The van der Waals surface area contributed by atoms with Gasteiger partial charge in [-0.2, -0.15) is 0 Å². The Hall–Kier alpha value is -2.82. The third-order valence-corrected chi connectivity index (χ3v) is 9.36. The molecular formula is C23H20N4O3S3. The van der Waals surface area contributed by atoms with E-state index < -0.39 is 10.0 Å². The van der Waals surface area contributed by atoms with Gasteiger partial charge in [-0.15, -0.1) is 15.7 Å². The van der Waals surface area contributed by atoms with Crippen molar-refractivity contribution in [1.29, 1.82) is 0 Å². The zero-order valence-electron chi connectivity index (χ0n) is 17.5. The molecule has 3 aromatic rings. The summed E-state index contributed by atoms with van der Waals surface area (Å²) in [4.78, 5) is 19.6. The Labute approximate surface area is 200 Å². The summed E-state index contributed by atoms with van der Waals surface area (Å²) in [7, 11) is -3.41. The van der Waals surface area contributed by atoms with Crippen LogP contribution in [0, 0.1) is 0 Å². The Kier molecular flexibility index (Phi) is 4.97. The molecule has 3 aliphatic heterocycles. The van der Waals surface area contributed by atoms with Gasteiger partial charge in [0.1, 0.15) is 0 Å². The van der Waals surface area contributed by atoms with Crippen molar-refractivity contribution in [2.24, 2.45) is 4.40 Å². The van der Waals surface area contributed by atoms with Crippen LogP contribution in [0.4, 0.5) is 17.1 Å². The largest absolute Gasteiger partial charge is 0.365 e. The molecule has 1 amide bonds. The van der Waals surface area contributed by atoms with Gasteiger partial charge in [0, 0.05) is 35.0 Å². The first-order chi connectivity index (χ1) is 16.0. The van der Waals surface area contributed by atoms with Crippen LogP contribution < -0.4 is 15.1 Å². The maximum atomic E-state index is 13.1. The molecule has 10 heteroatoms. The molecule has 0 atom stereocenters. The number of hydrogen-bond acceptors (Lipinski definition) is 7. The maximum Gasteiger partial charge on any atom is 0.257 e. The highest BCUT2D eigenvalue weighted by atomic mass is 32.2. The van der Waals surface area contributed by atoms with Crippen LogP contribution in [0.25, 0.3) is 0 Å². The first-order valence-corrected chi connectivity index (χ1v) is 13.9. The highest BCUT2D eigenvalue weighted by molar-refractivity contribution is 8.15. The maximum absolute atomic E-state index is 13.1. The van der Waals surface area contributed by atoms with E-state index in [2.05, 4.69) is 26.1 Å². The van der Waals surface area contributed by atoms with E-state index in [1.54, 1.807) is 6.07 Å². The number of benzene rings is 2. The molecule has 4 heterocycles. The third kappa shape index (κ3) is 3.81. The predicted octanol–water partition coefficient (Wildman–Crippen LogP) is 4.17. The second-order valence-electron chi connectivity index (χ2n) is 8.11. The van der Waals surface area contributed by atoms with Gasteiger partial charge in [-0.1, -0.05) is 12.1 Å². The number of thioether (sulfide) groups is 1. The summed E-state index contributed by atoms with van der Waals surface area (Å²) >= 11 is 3.10. The molecule has 6 rings (SSSR count). The highest BCUT2D eigenvalue weighted by Crippen LogP contribution is 2.42. The number of fused-ring (bicyclic) bond motifs is 4. The van der Waals surface area contributed by atoms with Crippen molar-refractivity contribution in [2.75, 3.05) is 34.0 Å². The van der Waals surface area contributed by atoms with E-state index in [1.165, 1.54) is 22.2 Å². The lowest BCUT2D eigenvalue weighted by Gasteiger charge is -2.30. The molecule has 0 bridgehead atoms. The molecule has 1 N–H and O–H groups in total. The van der Waals surface area contributed by atoms with Crippen LogP contribution in [-0.2, 0) is 23.0 Å². The van der Waals surface area contributed by atoms with Crippen LogP contribution >= 0.6 is 23.1 Å². The molecule has 2 aromatic carbocycles. The van der Waals surface area contributed by atoms with Crippen LogP contribution in [0.1, 0.15) is 20.8 Å². The number of hydrogen-bond donors (Lipinski definition) is 1. The molecule has 0 unspecified atom stereocenters. The number of carbonyl (C=O) groups excluding carboxylic acids is 1. The first kappa shape index (κ1) is 20.8. The summed E-state index contributed by atoms with van der Waals surface area (Å²) in [5.74, 6) is -0.197. The average molecular weight is 497 g/mol. The fraction of sp³-hybridized carbons (Fsp3) is 0.217. The molecule has 0 aliphatic carbocycles. The van der Waals surface area contributed by atoms with E-state index >= 15 is 0 Å². The van der Waals surface area contributed by atoms with E-state index in [4.69, 9.17) is 0 Å². The highest BCUT2D eigenvalue weighted by Gasteiger charge is 2.33. The van der Waals surface area contributed by atoms with Crippen molar-refractivity contribution in [3.63, 3.8) is 0 Å². The molecule has 7 nitrogen and oxygen atoms in total. The number of amidine groups is 1. The number of rotatable bonds is 3. The van der Waals surface area contributed by atoms with Gasteiger partial charge >= 0.3 is 0 Å². The lowest BCUT2D eigenvalue weighted by molar-refractivity contribution is 0.102. The SMILES string of the molecule is O=C(Nc1ccccc1N1CCc2sccc2C1)c1ccc2c(c1)SC1=NS(=O)(=O)CCN12. The van der Waals surface area contributed by atoms with Gasteiger partial charge in [-0.05, 0) is 65.5 Å². The summed E-state index contributed by atoms with van der Waals surface area (Å²) in [6, 6.07) is 15.5. The average Bonchev–Trinajstić information content (AvgIpc) is 3.41. The number of nitrogens with one attached hydrogen (secondary N) is 1. The summed E-state index contributed by atoms with van der Waals surface area (Å²) in [5.41, 5.74) is 4.56. The van der Waals surface area contributed by atoms with Crippen molar-refractivity contribution >= 4 is 61.3 Å². The smallest absolute Gasteiger partial charge is 0.257 e. The van der Waals surface area contributed by atoms with E-state index in [9.17, 15) is 13.2 Å². The molecular weight excluding hydrogens is 476 g/mol. The number of nitrogens with zero attached hydrogens (tertiary/aromatic N) is 3. The predicted molar refractivity (Wildman–Crippen MR) is 134 cm³/mol. The van der Waals surface area contributed by atoms with Crippen LogP contribution in [0.3, 0.4) is 0 Å². The molecule has 168 valence electrons. The molecule has 0 fully saturated rings. The minimum atomic E-state index is -3.41. The van der Waals surface area contributed by atoms with Crippen LogP contribution in [0.5, 0.6) is 0 Å². The van der Waals surface area contributed by atoms with E-state index in [0.717, 1.165) is 41.5 Å². The Bertz CT molecular complexity index is 1410. The lowest BCUT2D eigenvalue weighted by atomic mass is 10.1. The molecule has 0 saturated heterocycles. The topological polar surface area (TPSA) is 82.1 Å². The number of anilines is 3. The summed E-state index contributed by atoms with van der Waals surface area (Å²) in [6.45, 7) is 2.13. The zero-order chi connectivity index (χ0) is 22.6. The fourth-order valence-electron chi connectivity index (χ4n) is 4.38. The molecule has 0 radical (unpaired) electrons. The molecule has 1 aromatic heterocycles. The fourth-order valence-corrected chi connectivity index (χ4v) is 7.56. The molecule has 0 saturated carbocycles. The zero-order valence-corrected chi connectivity index (χ0v) is 20.0. The Morgan fingerprint density at radius 3 is 2.85 bits per heavy atom. The number of carbonyl (C=O) groups is 1. The Morgan fingerprint density at radius 2 is 1.94 bits per heavy atom. The van der Waals surface area contributed by atoms with Crippen molar-refractivity contribution in [1.82, 2.24) is 0 Å². The normalized spacial score (nSPS) is 18.2. The van der Waals surface area contributed by atoms with Gasteiger partial charge in [0.2, 0.25) is 0 Å². The first-order valence-electron chi connectivity index (χ1n) is 10.6.